The molecule has 0 unspecified atom stereocenters. The van der Waals surface area contributed by atoms with E-state index in [1.165, 1.54) is 24.1 Å². The number of halogens is 2. The van der Waals surface area contributed by atoms with E-state index >= 15 is 0 Å². The first kappa shape index (κ1) is 14.1. The van der Waals surface area contributed by atoms with Gasteiger partial charge in [-0.25, -0.2) is 4.39 Å². The number of nitrogens with zero attached hydrogens (tertiary/aromatic N) is 1. The molecule has 2 aromatic rings. The van der Waals surface area contributed by atoms with Crippen LogP contribution in [0.5, 0.6) is 5.75 Å². The maximum atomic E-state index is 12.9. The van der Waals surface area contributed by atoms with Gasteiger partial charge in [-0.3, -0.25) is 4.79 Å². The van der Waals surface area contributed by atoms with Crippen LogP contribution in [0, 0.1) is 5.82 Å². The standard InChI is InChI=1S/C14H12ClFN2O2/c1-18(12-6-8(15)2-5-11(12)17)14(20)10-4-3-9(16)7-13(10)19/h2-7,19H,17H2,1H3. The second kappa shape index (κ2) is 5.38. The number of hydrogen-bond acceptors (Lipinski definition) is 3. The molecule has 0 saturated carbocycles. The van der Waals surface area contributed by atoms with Crippen LogP contribution in [-0.4, -0.2) is 18.1 Å². The summed E-state index contributed by atoms with van der Waals surface area (Å²) >= 11 is 5.87. The number of rotatable bonds is 2. The number of hydrogen-bond donors (Lipinski definition) is 2. The molecule has 0 heterocycles. The van der Waals surface area contributed by atoms with E-state index in [1.54, 1.807) is 12.1 Å². The second-order valence-corrected chi connectivity index (χ2v) is 4.67. The summed E-state index contributed by atoms with van der Waals surface area (Å²) in [5.41, 5.74) is 6.55. The Morgan fingerprint density at radius 2 is 2.00 bits per heavy atom. The van der Waals surface area contributed by atoms with E-state index in [0.29, 0.717) is 16.4 Å². The van der Waals surface area contributed by atoms with Gasteiger partial charge in [0.05, 0.1) is 16.9 Å². The summed E-state index contributed by atoms with van der Waals surface area (Å²) in [5.74, 6) is -1.57. The molecule has 0 radical (unpaired) electrons. The molecule has 0 aliphatic rings. The molecule has 6 heteroatoms. The van der Waals surface area contributed by atoms with Gasteiger partial charge in [-0.15, -0.1) is 0 Å². The van der Waals surface area contributed by atoms with E-state index in [2.05, 4.69) is 0 Å². The quantitative estimate of drug-likeness (QED) is 0.837. The van der Waals surface area contributed by atoms with Crippen molar-refractivity contribution in [3.63, 3.8) is 0 Å². The highest BCUT2D eigenvalue weighted by molar-refractivity contribution is 6.31. The van der Waals surface area contributed by atoms with Crippen LogP contribution in [0.15, 0.2) is 36.4 Å². The third-order valence-corrected chi connectivity index (χ3v) is 3.08. The first-order valence-electron chi connectivity index (χ1n) is 5.71. The Hall–Kier alpha value is -2.27. The molecule has 0 bridgehead atoms. The first-order valence-corrected chi connectivity index (χ1v) is 6.09. The molecule has 0 aliphatic heterocycles. The summed E-state index contributed by atoms with van der Waals surface area (Å²) < 4.78 is 12.9. The lowest BCUT2D eigenvalue weighted by atomic mass is 10.1. The molecular formula is C14H12ClFN2O2. The lowest BCUT2D eigenvalue weighted by Gasteiger charge is -2.20. The van der Waals surface area contributed by atoms with Crippen LogP contribution in [0.3, 0.4) is 0 Å². The maximum absolute atomic E-state index is 12.9. The highest BCUT2D eigenvalue weighted by Gasteiger charge is 2.19. The Morgan fingerprint density at radius 3 is 2.65 bits per heavy atom. The summed E-state index contributed by atoms with van der Waals surface area (Å²) in [4.78, 5) is 13.5. The fourth-order valence-corrected chi connectivity index (χ4v) is 1.95. The van der Waals surface area contributed by atoms with Gasteiger partial charge in [0.2, 0.25) is 0 Å². The molecule has 4 nitrogen and oxygen atoms in total. The third-order valence-electron chi connectivity index (χ3n) is 2.85. The van der Waals surface area contributed by atoms with Gasteiger partial charge in [0.1, 0.15) is 11.6 Å². The van der Waals surface area contributed by atoms with Gasteiger partial charge in [0, 0.05) is 18.1 Å². The first-order chi connectivity index (χ1) is 9.40. The van der Waals surface area contributed by atoms with Crippen molar-refractivity contribution in [2.45, 2.75) is 0 Å². The zero-order valence-electron chi connectivity index (χ0n) is 10.6. The van der Waals surface area contributed by atoms with E-state index in [-0.39, 0.29) is 5.56 Å². The molecule has 2 rings (SSSR count). The van der Waals surface area contributed by atoms with E-state index in [0.717, 1.165) is 12.1 Å². The molecular weight excluding hydrogens is 283 g/mol. The number of carbonyl (C=O) groups excluding carboxylic acids is 1. The Labute approximate surface area is 120 Å². The Kier molecular flexibility index (Phi) is 3.81. The van der Waals surface area contributed by atoms with E-state index in [1.807, 2.05) is 0 Å². The maximum Gasteiger partial charge on any atom is 0.261 e. The number of benzene rings is 2. The second-order valence-electron chi connectivity index (χ2n) is 4.23. The van der Waals surface area contributed by atoms with Crippen molar-refractivity contribution in [3.05, 3.63) is 52.8 Å². The van der Waals surface area contributed by atoms with Gasteiger partial charge in [-0.1, -0.05) is 11.6 Å². The number of anilines is 2. The molecule has 0 atom stereocenters. The molecule has 0 aliphatic carbocycles. The van der Waals surface area contributed by atoms with Gasteiger partial charge >= 0.3 is 0 Å². The average molecular weight is 295 g/mol. The summed E-state index contributed by atoms with van der Waals surface area (Å²) in [7, 11) is 1.49. The molecule has 1 amide bonds. The van der Waals surface area contributed by atoms with Crippen LogP contribution in [0.25, 0.3) is 0 Å². The van der Waals surface area contributed by atoms with Gasteiger partial charge in [-0.05, 0) is 30.3 Å². The monoisotopic (exact) mass is 294 g/mol. The third kappa shape index (κ3) is 2.67. The highest BCUT2D eigenvalue weighted by atomic mass is 35.5. The van der Waals surface area contributed by atoms with Gasteiger partial charge in [-0.2, -0.15) is 0 Å². The summed E-state index contributed by atoms with van der Waals surface area (Å²) in [6, 6.07) is 7.91. The largest absolute Gasteiger partial charge is 0.507 e. The smallest absolute Gasteiger partial charge is 0.261 e. The van der Waals surface area contributed by atoms with Crippen molar-refractivity contribution in [1.29, 1.82) is 0 Å². The number of carbonyl (C=O) groups is 1. The lowest BCUT2D eigenvalue weighted by Crippen LogP contribution is -2.27. The zero-order chi connectivity index (χ0) is 14.9. The summed E-state index contributed by atoms with van der Waals surface area (Å²) in [6.07, 6.45) is 0. The zero-order valence-corrected chi connectivity index (χ0v) is 11.4. The van der Waals surface area contributed by atoms with Crippen molar-refractivity contribution in [1.82, 2.24) is 0 Å². The van der Waals surface area contributed by atoms with E-state index in [9.17, 15) is 14.3 Å². The Balaban J connectivity index is 2.40. The van der Waals surface area contributed by atoms with Crippen LogP contribution in [0.2, 0.25) is 5.02 Å². The predicted octanol–water partition coefficient (Wildman–Crippen LogP) is 3.04. The van der Waals surface area contributed by atoms with Crippen LogP contribution in [0.4, 0.5) is 15.8 Å². The highest BCUT2D eigenvalue weighted by Crippen LogP contribution is 2.28. The number of nitrogens with two attached hydrogens (primary N) is 1. The van der Waals surface area contributed by atoms with Gasteiger partial charge in [0.25, 0.3) is 5.91 Å². The van der Waals surface area contributed by atoms with Crippen LogP contribution in [-0.2, 0) is 0 Å². The average Bonchev–Trinajstić information content (AvgIpc) is 2.40. The molecule has 20 heavy (non-hydrogen) atoms. The SMILES string of the molecule is CN(C(=O)c1ccc(F)cc1O)c1cc(Cl)ccc1N. The lowest BCUT2D eigenvalue weighted by molar-refractivity contribution is 0.0990. The molecule has 0 aromatic heterocycles. The van der Waals surface area contributed by atoms with Crippen molar-refractivity contribution in [2.24, 2.45) is 0 Å². The fourth-order valence-electron chi connectivity index (χ4n) is 1.78. The molecule has 0 spiro atoms. The van der Waals surface area contributed by atoms with Crippen LogP contribution in [0.1, 0.15) is 10.4 Å². The summed E-state index contributed by atoms with van der Waals surface area (Å²) in [5, 5.41) is 10.1. The minimum Gasteiger partial charge on any atom is -0.507 e. The topological polar surface area (TPSA) is 66.6 Å². The van der Waals surface area contributed by atoms with Gasteiger partial charge in [0.15, 0.2) is 0 Å². The molecule has 0 fully saturated rings. The Bertz CT molecular complexity index is 676. The molecule has 0 saturated heterocycles. The van der Waals surface area contributed by atoms with Gasteiger partial charge < -0.3 is 15.7 Å². The number of phenols is 1. The van der Waals surface area contributed by atoms with Crippen molar-refractivity contribution < 1.29 is 14.3 Å². The fraction of sp³-hybridized carbons (Fsp3) is 0.0714. The molecule has 3 N–H and O–H groups in total. The van der Waals surface area contributed by atoms with E-state index in [4.69, 9.17) is 17.3 Å². The van der Waals surface area contributed by atoms with E-state index < -0.39 is 17.5 Å². The normalized spacial score (nSPS) is 10.3. The number of amides is 1. The van der Waals surface area contributed by atoms with Crippen molar-refractivity contribution >= 4 is 28.9 Å². The number of nitrogen functional groups attached to an aromatic ring is 1. The number of aromatic hydroxyl groups is 1. The number of phenolic OH excluding ortho intramolecular Hbond substituents is 1. The minimum absolute atomic E-state index is 0.0201. The Morgan fingerprint density at radius 1 is 1.30 bits per heavy atom. The minimum atomic E-state index is -0.621. The summed E-state index contributed by atoms with van der Waals surface area (Å²) in [6.45, 7) is 0. The molecule has 2 aromatic carbocycles. The van der Waals surface area contributed by atoms with Crippen LogP contribution < -0.4 is 10.6 Å². The van der Waals surface area contributed by atoms with Crippen molar-refractivity contribution in [3.8, 4) is 5.75 Å². The molecule has 104 valence electrons. The predicted molar refractivity (Wildman–Crippen MR) is 76.7 cm³/mol. The van der Waals surface area contributed by atoms with Crippen molar-refractivity contribution in [2.75, 3.05) is 17.7 Å². The van der Waals surface area contributed by atoms with Crippen LogP contribution >= 0.6 is 11.6 Å².